The molecular formula is C33H40O12. The van der Waals surface area contributed by atoms with Crippen LogP contribution in [-0.4, -0.2) is 76.5 Å². The molecule has 1 aromatic rings. The number of ketones is 1. The largest absolute Gasteiger partial charge is 0.472 e. The number of Topliss-reactive ketones (excluding diaryl/α,β-unsaturated/α-hetero) is 1. The third-order valence-corrected chi connectivity index (χ3v) is 13.4. The molecule has 8 rings (SSSR count). The fraction of sp³-hybridized carbons (Fsp3) is 0.758. The van der Waals surface area contributed by atoms with Crippen LogP contribution in [0.15, 0.2) is 23.0 Å². The number of fused-ring (bicyclic) bond motifs is 3. The zero-order valence-electron chi connectivity index (χ0n) is 26.6. The highest BCUT2D eigenvalue weighted by Gasteiger charge is 3.04. The van der Waals surface area contributed by atoms with Crippen molar-refractivity contribution < 1.29 is 57.1 Å². The molecule has 45 heavy (non-hydrogen) atoms. The minimum Gasteiger partial charge on any atom is -0.472 e. The molecule has 12 atom stereocenters. The SMILES string of the molecule is COC(=O)CC1C2(C)CC34OC5(C)OC67C(CC(=O)OC6C3(O)C2OC(=O)C(C)C)C(C)(C(=O)c2ccoc2)CCC7(O5)C14C. The molecule has 0 amide bonds. The fourth-order valence-electron chi connectivity index (χ4n) is 12.0. The van der Waals surface area contributed by atoms with Crippen LogP contribution in [0.4, 0.5) is 0 Å². The maximum Gasteiger partial charge on any atom is 0.308 e. The van der Waals surface area contributed by atoms with Gasteiger partial charge in [0.25, 0.3) is 5.97 Å². The number of rotatable bonds is 6. The first-order valence-electron chi connectivity index (χ1n) is 15.8. The van der Waals surface area contributed by atoms with Gasteiger partial charge in [0.2, 0.25) is 0 Å². The van der Waals surface area contributed by atoms with E-state index in [4.69, 9.17) is 32.8 Å². The van der Waals surface area contributed by atoms with E-state index in [9.17, 15) is 24.3 Å². The lowest BCUT2D eigenvalue weighted by molar-refractivity contribution is -0.478. The van der Waals surface area contributed by atoms with Crippen molar-refractivity contribution in [2.75, 3.05) is 7.11 Å². The van der Waals surface area contributed by atoms with Gasteiger partial charge in [-0.05, 0) is 31.2 Å². The Morgan fingerprint density at radius 2 is 1.78 bits per heavy atom. The Morgan fingerprint density at radius 3 is 2.42 bits per heavy atom. The summed E-state index contributed by atoms with van der Waals surface area (Å²) in [5, 5.41) is 13.5. The smallest absolute Gasteiger partial charge is 0.308 e. The molecule has 0 radical (unpaired) electrons. The molecule has 3 aliphatic heterocycles. The number of methoxy groups -OCH3 is 1. The summed E-state index contributed by atoms with van der Waals surface area (Å²) in [6.45, 7) is 10.7. The Kier molecular flexibility index (Phi) is 5.38. The molecule has 3 spiro atoms. The Hall–Kier alpha value is -2.80. The van der Waals surface area contributed by atoms with Gasteiger partial charge in [0.1, 0.15) is 29.2 Å². The van der Waals surface area contributed by atoms with Gasteiger partial charge in [-0.25, -0.2) is 0 Å². The summed E-state index contributed by atoms with van der Waals surface area (Å²) in [5.74, 6) is -5.54. The molecule has 12 unspecified atom stereocenters. The third kappa shape index (κ3) is 2.77. The Morgan fingerprint density at radius 1 is 1.07 bits per heavy atom. The summed E-state index contributed by atoms with van der Waals surface area (Å²) >= 11 is 0. The number of carbonyl (C=O) groups excluding carboxylic acids is 4. The van der Waals surface area contributed by atoms with Crippen LogP contribution >= 0.6 is 0 Å². The summed E-state index contributed by atoms with van der Waals surface area (Å²) in [4.78, 5) is 54.6. The minimum absolute atomic E-state index is 0.0708. The first kappa shape index (κ1) is 29.6. The second-order valence-corrected chi connectivity index (χ2v) is 15.5. The standard InChI is InChI=1S/C33H40O12/c1-16(2)23(37)42-24-27(4)15-31-28(5,18(27)12-20(34)39-7)30-10-9-26(3,22(36)17-8-11-40-14-17)19-13-21(35)41-25(32(24,31)38)33(19,30)45-29(6,43-30)44-31/h8,11,14,16,18-19,24-25,38H,9-10,12-13,15H2,1-7H3. The van der Waals surface area contributed by atoms with E-state index >= 15 is 0 Å². The van der Waals surface area contributed by atoms with Crippen molar-refractivity contribution >= 4 is 23.7 Å². The monoisotopic (exact) mass is 628 g/mol. The third-order valence-electron chi connectivity index (χ3n) is 13.4. The number of aliphatic hydroxyl groups is 1. The van der Waals surface area contributed by atoms with Crippen LogP contribution in [0.2, 0.25) is 0 Å². The highest BCUT2D eigenvalue weighted by Crippen LogP contribution is 2.89. The second kappa shape index (κ2) is 8.18. The summed E-state index contributed by atoms with van der Waals surface area (Å²) in [5.41, 5.74) is -9.54. The van der Waals surface area contributed by atoms with E-state index in [0.717, 1.165) is 0 Å². The van der Waals surface area contributed by atoms with E-state index in [2.05, 4.69) is 0 Å². The number of hydrogen-bond donors (Lipinski definition) is 1. The first-order valence-corrected chi connectivity index (χ1v) is 15.8. The number of esters is 3. The van der Waals surface area contributed by atoms with E-state index in [0.29, 0.717) is 12.0 Å². The van der Waals surface area contributed by atoms with Crippen LogP contribution in [-0.2, 0) is 42.8 Å². The average Bonchev–Trinajstić information content (AvgIpc) is 3.67. The molecule has 4 bridgehead atoms. The number of hydrogen-bond acceptors (Lipinski definition) is 12. The summed E-state index contributed by atoms with van der Waals surface area (Å²) in [6.07, 6.45) is 0.652. The predicted molar refractivity (Wildman–Crippen MR) is 149 cm³/mol. The van der Waals surface area contributed by atoms with Gasteiger partial charge in [0.15, 0.2) is 17.5 Å². The zero-order valence-corrected chi connectivity index (χ0v) is 26.6. The van der Waals surface area contributed by atoms with Crippen molar-refractivity contribution in [3.63, 3.8) is 0 Å². The van der Waals surface area contributed by atoms with Crippen LogP contribution in [0.5, 0.6) is 0 Å². The lowest BCUT2D eigenvalue weighted by atomic mass is 9.33. The lowest BCUT2D eigenvalue weighted by Crippen LogP contribution is -2.94. The molecule has 7 aliphatic rings. The summed E-state index contributed by atoms with van der Waals surface area (Å²) in [7, 11) is 1.32. The van der Waals surface area contributed by atoms with E-state index in [1.165, 1.54) is 19.6 Å². The molecule has 4 saturated carbocycles. The normalized spacial score (nSPS) is 52.9. The quantitative estimate of drug-likeness (QED) is 0.279. The summed E-state index contributed by atoms with van der Waals surface area (Å²) in [6, 6.07) is 1.59. The predicted octanol–water partition coefficient (Wildman–Crippen LogP) is 3.08. The maximum absolute atomic E-state index is 14.3. The minimum atomic E-state index is -2.12. The molecule has 1 N–H and O–H groups in total. The fourth-order valence-corrected chi connectivity index (χ4v) is 12.0. The molecule has 1 aromatic heterocycles. The van der Waals surface area contributed by atoms with Gasteiger partial charge in [-0.15, -0.1) is 0 Å². The molecule has 0 aromatic carbocycles. The van der Waals surface area contributed by atoms with Crippen molar-refractivity contribution in [1.82, 2.24) is 0 Å². The first-order chi connectivity index (χ1) is 21.0. The Balaban J connectivity index is 1.43. The Bertz CT molecular complexity index is 1550. The second-order valence-electron chi connectivity index (χ2n) is 15.5. The molecule has 4 heterocycles. The van der Waals surface area contributed by atoms with Gasteiger partial charge in [-0.2, -0.15) is 0 Å². The topological polar surface area (TPSA) is 157 Å². The van der Waals surface area contributed by atoms with Gasteiger partial charge in [-0.1, -0.05) is 34.6 Å². The molecule has 4 aliphatic carbocycles. The summed E-state index contributed by atoms with van der Waals surface area (Å²) < 4.78 is 43.8. The van der Waals surface area contributed by atoms with Gasteiger partial charge in [0, 0.05) is 35.5 Å². The number of furan rings is 1. The zero-order chi connectivity index (χ0) is 32.4. The highest BCUT2D eigenvalue weighted by molar-refractivity contribution is 6.01. The van der Waals surface area contributed by atoms with Crippen molar-refractivity contribution in [1.29, 1.82) is 0 Å². The van der Waals surface area contributed by atoms with Crippen LogP contribution in [0.1, 0.15) is 84.0 Å². The van der Waals surface area contributed by atoms with Gasteiger partial charge in [-0.3, -0.25) is 19.2 Å². The van der Waals surface area contributed by atoms with Crippen LogP contribution in [0, 0.1) is 34.0 Å². The molecule has 7 fully saturated rings. The maximum atomic E-state index is 14.3. The van der Waals surface area contributed by atoms with Gasteiger partial charge < -0.3 is 37.9 Å². The van der Waals surface area contributed by atoms with Gasteiger partial charge >= 0.3 is 17.9 Å². The van der Waals surface area contributed by atoms with E-state index in [-0.39, 0.29) is 31.5 Å². The van der Waals surface area contributed by atoms with E-state index < -0.39 is 92.5 Å². The van der Waals surface area contributed by atoms with Crippen molar-refractivity contribution in [2.45, 2.75) is 114 Å². The number of ether oxygens (including phenoxy) is 6. The molecule has 244 valence electrons. The van der Waals surface area contributed by atoms with Crippen LogP contribution in [0.3, 0.4) is 0 Å². The van der Waals surface area contributed by atoms with Crippen molar-refractivity contribution in [3.05, 3.63) is 24.2 Å². The lowest BCUT2D eigenvalue weighted by Gasteiger charge is -2.77. The van der Waals surface area contributed by atoms with Crippen LogP contribution < -0.4 is 0 Å². The number of carbonyl (C=O) groups is 4. The Labute approximate surface area is 260 Å². The molecule has 12 nitrogen and oxygen atoms in total. The van der Waals surface area contributed by atoms with Crippen molar-refractivity contribution in [3.8, 4) is 0 Å². The van der Waals surface area contributed by atoms with Gasteiger partial charge in [0.05, 0.1) is 31.3 Å². The molecular weight excluding hydrogens is 588 g/mol. The van der Waals surface area contributed by atoms with E-state index in [1.54, 1.807) is 26.8 Å². The molecule has 3 saturated heterocycles. The average molecular weight is 629 g/mol. The highest BCUT2D eigenvalue weighted by atomic mass is 16.9. The molecule has 12 heteroatoms. The van der Waals surface area contributed by atoms with E-state index in [1.807, 2.05) is 20.8 Å². The van der Waals surface area contributed by atoms with Crippen LogP contribution in [0.25, 0.3) is 0 Å². The van der Waals surface area contributed by atoms with Crippen molar-refractivity contribution in [2.24, 2.45) is 34.0 Å².